The zero-order valence-corrected chi connectivity index (χ0v) is 12.9. The van der Waals surface area contributed by atoms with Gasteiger partial charge in [0.05, 0.1) is 0 Å². The average molecular weight is 336 g/mol. The first-order valence-electron chi connectivity index (χ1n) is 6.26. The summed E-state index contributed by atoms with van der Waals surface area (Å²) in [6.07, 6.45) is 8.07. The van der Waals surface area contributed by atoms with Crippen LogP contribution in [0.1, 0.15) is 48.9 Å². The number of hydrogen-bond acceptors (Lipinski definition) is 0. The summed E-state index contributed by atoms with van der Waals surface area (Å²) >= 11 is 15.9. The van der Waals surface area contributed by atoms with E-state index < -0.39 is 0 Å². The van der Waals surface area contributed by atoms with Crippen molar-refractivity contribution in [1.82, 2.24) is 0 Å². The Morgan fingerprint density at radius 3 is 2.65 bits per heavy atom. The molecule has 0 aromatic heterocycles. The van der Waals surface area contributed by atoms with Gasteiger partial charge in [-0.2, -0.15) is 0 Å². The van der Waals surface area contributed by atoms with Gasteiger partial charge in [-0.3, -0.25) is 0 Å². The van der Waals surface area contributed by atoms with Crippen LogP contribution in [0.5, 0.6) is 0 Å². The monoisotopic (exact) mass is 334 g/mol. The molecule has 1 unspecified atom stereocenters. The van der Waals surface area contributed by atoms with E-state index in [0.29, 0.717) is 4.83 Å². The topological polar surface area (TPSA) is 0 Å². The van der Waals surface area contributed by atoms with E-state index >= 15 is 0 Å². The van der Waals surface area contributed by atoms with Crippen LogP contribution in [-0.2, 0) is 0 Å². The summed E-state index contributed by atoms with van der Waals surface area (Å²) < 4.78 is 0. The van der Waals surface area contributed by atoms with Crippen LogP contribution in [0.25, 0.3) is 0 Å². The number of benzene rings is 1. The minimum Gasteiger partial charge on any atom is -0.0843 e. The molecule has 0 aliphatic heterocycles. The maximum Gasteiger partial charge on any atom is 0.0450 e. The number of alkyl halides is 1. The molecule has 1 aliphatic carbocycles. The van der Waals surface area contributed by atoms with E-state index in [1.54, 1.807) is 0 Å². The van der Waals surface area contributed by atoms with Crippen LogP contribution >= 0.6 is 39.1 Å². The highest BCUT2D eigenvalue weighted by Crippen LogP contribution is 2.38. The molecule has 0 heterocycles. The molecule has 2 rings (SSSR count). The lowest BCUT2D eigenvalue weighted by molar-refractivity contribution is 0.483. The van der Waals surface area contributed by atoms with Gasteiger partial charge in [0.15, 0.2) is 0 Å². The Morgan fingerprint density at radius 2 is 1.94 bits per heavy atom. The highest BCUT2D eigenvalue weighted by molar-refractivity contribution is 9.09. The van der Waals surface area contributed by atoms with Crippen molar-refractivity contribution in [2.24, 2.45) is 5.92 Å². The van der Waals surface area contributed by atoms with E-state index in [4.69, 9.17) is 23.2 Å². The third-order valence-corrected chi connectivity index (χ3v) is 5.13. The fraction of sp³-hybridized carbons (Fsp3) is 0.571. The van der Waals surface area contributed by atoms with Gasteiger partial charge in [-0.1, -0.05) is 64.8 Å². The first kappa shape index (κ1) is 13.7. The van der Waals surface area contributed by atoms with Crippen LogP contribution in [0.3, 0.4) is 0 Å². The van der Waals surface area contributed by atoms with Crippen molar-refractivity contribution in [3.05, 3.63) is 33.8 Å². The molecule has 1 saturated carbocycles. The van der Waals surface area contributed by atoms with Crippen molar-refractivity contribution < 1.29 is 0 Å². The average Bonchev–Trinajstić information content (AvgIpc) is 2.82. The summed E-state index contributed by atoms with van der Waals surface area (Å²) in [4.78, 5) is 0.328. The largest absolute Gasteiger partial charge is 0.0843 e. The lowest BCUT2D eigenvalue weighted by atomic mass is 9.98. The Kier molecular flexibility index (Phi) is 5.20. The number of rotatable bonds is 4. The first-order valence-corrected chi connectivity index (χ1v) is 7.93. The fourth-order valence-electron chi connectivity index (χ4n) is 2.59. The molecule has 1 atom stereocenters. The number of halogens is 3. The zero-order chi connectivity index (χ0) is 12.3. The highest BCUT2D eigenvalue weighted by atomic mass is 79.9. The molecule has 1 fully saturated rings. The molecular weight excluding hydrogens is 319 g/mol. The lowest BCUT2D eigenvalue weighted by Crippen LogP contribution is -1.98. The van der Waals surface area contributed by atoms with E-state index in [-0.39, 0.29) is 0 Å². The minimum atomic E-state index is 0.328. The van der Waals surface area contributed by atoms with Gasteiger partial charge >= 0.3 is 0 Å². The van der Waals surface area contributed by atoms with Crippen molar-refractivity contribution >= 4 is 39.1 Å². The summed E-state index contributed by atoms with van der Waals surface area (Å²) in [6.45, 7) is 0. The normalized spacial score (nSPS) is 18.5. The summed E-state index contributed by atoms with van der Waals surface area (Å²) in [7, 11) is 0. The summed E-state index contributed by atoms with van der Waals surface area (Å²) in [5, 5.41) is 1.57. The van der Waals surface area contributed by atoms with Gasteiger partial charge in [-0.15, -0.1) is 0 Å². The third kappa shape index (κ3) is 3.87. The van der Waals surface area contributed by atoms with E-state index in [1.807, 2.05) is 18.2 Å². The Hall–Kier alpha value is 0.280. The van der Waals surface area contributed by atoms with Crippen molar-refractivity contribution in [2.75, 3.05) is 0 Å². The molecule has 0 spiro atoms. The summed E-state index contributed by atoms with van der Waals surface area (Å²) in [5.74, 6) is 0.924. The smallest absolute Gasteiger partial charge is 0.0450 e. The Morgan fingerprint density at radius 1 is 1.24 bits per heavy atom. The molecule has 0 amide bonds. The summed E-state index contributed by atoms with van der Waals surface area (Å²) in [6, 6.07) is 5.69. The van der Waals surface area contributed by atoms with Gasteiger partial charge in [0, 0.05) is 14.9 Å². The van der Waals surface area contributed by atoms with Crippen molar-refractivity contribution in [1.29, 1.82) is 0 Å². The van der Waals surface area contributed by atoms with E-state index in [0.717, 1.165) is 27.9 Å². The molecule has 1 aromatic carbocycles. The second kappa shape index (κ2) is 6.45. The van der Waals surface area contributed by atoms with Crippen LogP contribution in [0.4, 0.5) is 0 Å². The molecule has 0 radical (unpaired) electrons. The first-order chi connectivity index (χ1) is 8.16. The zero-order valence-electron chi connectivity index (χ0n) is 9.76. The Balaban J connectivity index is 1.93. The molecule has 94 valence electrons. The predicted molar refractivity (Wildman–Crippen MR) is 79.3 cm³/mol. The fourth-order valence-corrected chi connectivity index (χ4v) is 3.80. The van der Waals surface area contributed by atoms with Crippen LogP contribution in [0, 0.1) is 5.92 Å². The van der Waals surface area contributed by atoms with Gasteiger partial charge < -0.3 is 0 Å². The second-order valence-electron chi connectivity index (χ2n) is 4.86. The molecule has 1 aliphatic rings. The SMILES string of the molecule is Clc1ccc(Cl)c(C(Br)CCC2CCCC2)c1. The molecule has 0 bridgehead atoms. The quantitative estimate of drug-likeness (QED) is 0.558. The van der Waals surface area contributed by atoms with E-state index in [1.165, 1.54) is 32.1 Å². The van der Waals surface area contributed by atoms with Crippen molar-refractivity contribution in [3.8, 4) is 0 Å². The molecule has 0 saturated heterocycles. The van der Waals surface area contributed by atoms with Crippen molar-refractivity contribution in [3.63, 3.8) is 0 Å². The molecule has 3 heteroatoms. The van der Waals surface area contributed by atoms with Crippen molar-refractivity contribution in [2.45, 2.75) is 43.4 Å². The summed E-state index contributed by atoms with van der Waals surface area (Å²) in [5.41, 5.74) is 1.12. The van der Waals surface area contributed by atoms with Gasteiger partial charge in [0.25, 0.3) is 0 Å². The van der Waals surface area contributed by atoms with Crippen LogP contribution in [-0.4, -0.2) is 0 Å². The molecule has 17 heavy (non-hydrogen) atoms. The van der Waals surface area contributed by atoms with Crippen LogP contribution in [0.2, 0.25) is 10.0 Å². The third-order valence-electron chi connectivity index (χ3n) is 3.60. The maximum absolute atomic E-state index is 6.20. The molecule has 0 N–H and O–H groups in total. The second-order valence-corrected chi connectivity index (χ2v) is 6.81. The molecule has 1 aromatic rings. The van der Waals surface area contributed by atoms with E-state index in [2.05, 4.69) is 15.9 Å². The molecule has 0 nitrogen and oxygen atoms in total. The lowest BCUT2D eigenvalue weighted by Gasteiger charge is -2.15. The van der Waals surface area contributed by atoms with Gasteiger partial charge in [0.1, 0.15) is 0 Å². The van der Waals surface area contributed by atoms with E-state index in [9.17, 15) is 0 Å². The Labute approximate surface area is 122 Å². The predicted octanol–water partition coefficient (Wildman–Crippen LogP) is 6.40. The standard InChI is InChI=1S/C14H17BrCl2/c15-13(7-5-10-3-1-2-4-10)12-9-11(16)6-8-14(12)17/h6,8-10,13H,1-5,7H2. The van der Waals surface area contributed by atoms with Gasteiger partial charge in [-0.25, -0.2) is 0 Å². The Bertz CT molecular complexity index is 372. The minimum absolute atomic E-state index is 0.328. The van der Waals surface area contributed by atoms with Crippen LogP contribution < -0.4 is 0 Å². The van der Waals surface area contributed by atoms with Crippen LogP contribution in [0.15, 0.2) is 18.2 Å². The maximum atomic E-state index is 6.20. The number of hydrogen-bond donors (Lipinski definition) is 0. The molecular formula is C14H17BrCl2. The highest BCUT2D eigenvalue weighted by Gasteiger charge is 2.18. The van der Waals surface area contributed by atoms with Gasteiger partial charge in [0.2, 0.25) is 0 Å². The van der Waals surface area contributed by atoms with Gasteiger partial charge in [-0.05, 0) is 42.5 Å².